The standard InChI is InChI=1S/C12H10Cl7/c1-2-3-8-4-6-9(7-5-8)10(13,14)11(15,16)12(17,18)19/h2,4-7H,3H2,1H3. The van der Waals surface area contributed by atoms with E-state index in [1.54, 1.807) is 12.1 Å². The maximum Gasteiger partial charge on any atom is 0.226 e. The smallest absolute Gasteiger partial charge is 0.0930 e. The Morgan fingerprint density at radius 2 is 1.37 bits per heavy atom. The maximum absolute atomic E-state index is 6.21. The molecule has 0 bridgehead atoms. The third-order valence-electron chi connectivity index (χ3n) is 2.51. The van der Waals surface area contributed by atoms with Gasteiger partial charge in [0.15, 0.2) is 4.33 Å². The molecular weight excluding hydrogens is 392 g/mol. The Hall–Kier alpha value is 1.25. The molecule has 0 heterocycles. The van der Waals surface area contributed by atoms with E-state index in [4.69, 9.17) is 81.2 Å². The van der Waals surface area contributed by atoms with Gasteiger partial charge in [-0.25, -0.2) is 0 Å². The van der Waals surface area contributed by atoms with Gasteiger partial charge in [-0.1, -0.05) is 112 Å². The van der Waals surface area contributed by atoms with Crippen LogP contribution in [0, 0.1) is 6.42 Å². The molecule has 0 aliphatic heterocycles. The Morgan fingerprint density at radius 3 is 1.74 bits per heavy atom. The van der Waals surface area contributed by atoms with Gasteiger partial charge in [0, 0.05) is 0 Å². The molecule has 0 unspecified atom stereocenters. The summed E-state index contributed by atoms with van der Waals surface area (Å²) >= 11 is 41.7. The lowest BCUT2D eigenvalue weighted by atomic mass is 10.0. The van der Waals surface area contributed by atoms with Crippen LogP contribution in [-0.2, 0) is 10.8 Å². The Balaban J connectivity index is 3.13. The Labute approximate surface area is 148 Å². The average Bonchev–Trinajstić information content (AvgIpc) is 2.28. The summed E-state index contributed by atoms with van der Waals surface area (Å²) in [4.78, 5) is 0. The van der Waals surface area contributed by atoms with Crippen molar-refractivity contribution >= 4 is 81.2 Å². The molecule has 0 aliphatic carbocycles. The molecule has 0 spiro atoms. The second kappa shape index (κ2) is 6.57. The SMILES string of the molecule is C[CH]Cc1ccc(C(Cl)(Cl)C(Cl)(Cl)C(Cl)(Cl)Cl)cc1. The first kappa shape index (κ1) is 18.3. The van der Waals surface area contributed by atoms with Crippen LogP contribution in [0.3, 0.4) is 0 Å². The summed E-state index contributed by atoms with van der Waals surface area (Å²) in [6.45, 7) is 1.96. The molecule has 0 saturated heterocycles. The van der Waals surface area contributed by atoms with Crippen LogP contribution in [0.5, 0.6) is 0 Å². The lowest BCUT2D eigenvalue weighted by Gasteiger charge is -2.37. The molecule has 0 nitrogen and oxygen atoms in total. The molecular formula is C12H10Cl7. The van der Waals surface area contributed by atoms with Gasteiger partial charge in [0.05, 0.1) is 0 Å². The molecule has 0 saturated carbocycles. The van der Waals surface area contributed by atoms with E-state index < -0.39 is 12.5 Å². The number of benzene rings is 1. The fourth-order valence-electron chi connectivity index (χ4n) is 1.45. The molecule has 0 aliphatic rings. The summed E-state index contributed by atoms with van der Waals surface area (Å²) in [6.07, 6.45) is 2.85. The van der Waals surface area contributed by atoms with Crippen LogP contribution in [0.2, 0.25) is 0 Å². The predicted octanol–water partition coefficient (Wildman–Crippen LogP) is 6.63. The van der Waals surface area contributed by atoms with Gasteiger partial charge in [-0.3, -0.25) is 0 Å². The van der Waals surface area contributed by atoms with Crippen molar-refractivity contribution in [3.05, 3.63) is 41.8 Å². The van der Waals surface area contributed by atoms with E-state index in [2.05, 4.69) is 0 Å². The minimum absolute atomic E-state index is 0.451. The van der Waals surface area contributed by atoms with E-state index in [-0.39, 0.29) is 0 Å². The number of rotatable bonds is 4. The second-order valence-corrected chi connectivity index (χ2v) is 8.89. The van der Waals surface area contributed by atoms with E-state index in [0.29, 0.717) is 5.56 Å². The van der Waals surface area contributed by atoms with Crippen LogP contribution in [0.25, 0.3) is 0 Å². The topological polar surface area (TPSA) is 0 Å². The number of hydrogen-bond acceptors (Lipinski definition) is 0. The molecule has 0 atom stereocenters. The van der Waals surface area contributed by atoms with E-state index in [9.17, 15) is 0 Å². The molecule has 1 aromatic rings. The molecule has 19 heavy (non-hydrogen) atoms. The fourth-order valence-corrected chi connectivity index (χ4v) is 2.91. The first-order valence-electron chi connectivity index (χ1n) is 5.23. The third kappa shape index (κ3) is 3.92. The van der Waals surface area contributed by atoms with Crippen molar-refractivity contribution in [2.75, 3.05) is 0 Å². The predicted molar refractivity (Wildman–Crippen MR) is 88.2 cm³/mol. The summed E-state index contributed by atoms with van der Waals surface area (Å²) in [5.74, 6) is 0. The van der Waals surface area contributed by atoms with Crippen LogP contribution in [-0.4, -0.2) is 8.13 Å². The van der Waals surface area contributed by atoms with Crippen LogP contribution >= 0.6 is 81.2 Å². The first-order valence-corrected chi connectivity index (χ1v) is 7.88. The third-order valence-corrected chi connectivity index (χ3v) is 6.46. The zero-order chi connectivity index (χ0) is 14.9. The van der Waals surface area contributed by atoms with E-state index in [1.807, 2.05) is 25.5 Å². The maximum atomic E-state index is 6.21. The van der Waals surface area contributed by atoms with Gasteiger partial charge in [-0.05, 0) is 24.0 Å². The molecule has 0 fully saturated rings. The van der Waals surface area contributed by atoms with E-state index >= 15 is 0 Å². The number of alkyl halides is 7. The van der Waals surface area contributed by atoms with Crippen LogP contribution in [0.15, 0.2) is 24.3 Å². The summed E-state index contributed by atoms with van der Waals surface area (Å²) in [6, 6.07) is 7.12. The van der Waals surface area contributed by atoms with E-state index in [0.717, 1.165) is 12.0 Å². The van der Waals surface area contributed by atoms with Crippen LogP contribution in [0.4, 0.5) is 0 Å². The van der Waals surface area contributed by atoms with Gasteiger partial charge in [0.25, 0.3) is 0 Å². The molecule has 1 rings (SSSR count). The van der Waals surface area contributed by atoms with Crippen LogP contribution in [0.1, 0.15) is 18.1 Å². The molecule has 0 aromatic heterocycles. The summed E-state index contributed by atoms with van der Waals surface area (Å²) < 4.78 is -5.82. The minimum atomic E-state index is -2.05. The highest BCUT2D eigenvalue weighted by Gasteiger charge is 2.60. The van der Waals surface area contributed by atoms with Gasteiger partial charge < -0.3 is 0 Å². The second-order valence-electron chi connectivity index (χ2n) is 3.96. The first-order chi connectivity index (χ1) is 8.54. The lowest BCUT2D eigenvalue weighted by Crippen LogP contribution is -2.45. The summed E-state index contributed by atoms with van der Waals surface area (Å²) in [7, 11) is 0. The minimum Gasteiger partial charge on any atom is -0.0930 e. The van der Waals surface area contributed by atoms with Gasteiger partial charge >= 0.3 is 0 Å². The number of halogens is 7. The van der Waals surface area contributed by atoms with Gasteiger partial charge in [0.2, 0.25) is 8.13 Å². The molecule has 0 N–H and O–H groups in total. The highest BCUT2D eigenvalue weighted by atomic mass is 35.6. The molecule has 0 amide bonds. The fraction of sp³-hybridized carbons (Fsp3) is 0.417. The van der Waals surface area contributed by atoms with Crippen molar-refractivity contribution < 1.29 is 0 Å². The van der Waals surface area contributed by atoms with Crippen molar-refractivity contribution in [2.24, 2.45) is 0 Å². The Bertz CT molecular complexity index is 417. The average molecular weight is 402 g/mol. The molecule has 1 radical (unpaired) electrons. The lowest BCUT2D eigenvalue weighted by molar-refractivity contribution is 0.698. The van der Waals surface area contributed by atoms with Gasteiger partial charge in [0.1, 0.15) is 0 Å². The Morgan fingerprint density at radius 1 is 0.895 bits per heavy atom. The molecule has 7 heteroatoms. The monoisotopic (exact) mass is 399 g/mol. The molecule has 107 valence electrons. The van der Waals surface area contributed by atoms with Gasteiger partial charge in [-0.15, -0.1) is 0 Å². The van der Waals surface area contributed by atoms with Gasteiger partial charge in [-0.2, -0.15) is 0 Å². The highest BCUT2D eigenvalue weighted by molar-refractivity contribution is 6.78. The van der Waals surface area contributed by atoms with Crippen molar-refractivity contribution in [1.29, 1.82) is 0 Å². The highest BCUT2D eigenvalue weighted by Crippen LogP contribution is 2.60. The van der Waals surface area contributed by atoms with E-state index in [1.165, 1.54) is 0 Å². The quantitative estimate of drug-likeness (QED) is 0.496. The van der Waals surface area contributed by atoms with Crippen molar-refractivity contribution in [3.8, 4) is 0 Å². The van der Waals surface area contributed by atoms with Crippen molar-refractivity contribution in [1.82, 2.24) is 0 Å². The molecule has 1 aromatic carbocycles. The normalized spacial score (nSPS) is 13.7. The Kier molecular flexibility index (Phi) is 6.32. The largest absolute Gasteiger partial charge is 0.226 e. The van der Waals surface area contributed by atoms with Crippen molar-refractivity contribution in [3.63, 3.8) is 0 Å². The van der Waals surface area contributed by atoms with Crippen LogP contribution < -0.4 is 0 Å². The zero-order valence-corrected chi connectivity index (χ0v) is 15.0. The summed E-state index contributed by atoms with van der Waals surface area (Å²) in [5.41, 5.74) is 1.55. The number of hydrogen-bond donors (Lipinski definition) is 0. The summed E-state index contributed by atoms with van der Waals surface area (Å²) in [5, 5.41) is 0. The zero-order valence-electron chi connectivity index (χ0n) is 9.74. The van der Waals surface area contributed by atoms with Crippen molar-refractivity contribution in [2.45, 2.75) is 25.8 Å².